The largest absolute Gasteiger partial charge is 0.208 e. The van der Waals surface area contributed by atoms with Gasteiger partial charge >= 0.3 is 0 Å². The molecule has 0 aliphatic heterocycles. The van der Waals surface area contributed by atoms with Gasteiger partial charge in [-0.3, -0.25) is 0 Å². The van der Waals surface area contributed by atoms with Crippen molar-refractivity contribution in [3.8, 4) is 40.2 Å². The van der Waals surface area contributed by atoms with Crippen molar-refractivity contribution in [1.82, 2.24) is 15.0 Å². The van der Waals surface area contributed by atoms with E-state index in [0.717, 1.165) is 34.4 Å². The summed E-state index contributed by atoms with van der Waals surface area (Å²) in [4.78, 5) is 14.7. The summed E-state index contributed by atoms with van der Waals surface area (Å²) in [5, 5.41) is 14.3. The standard InChI is InChI=1S/C41H36N4/c1-26-18-29-19-27(2)23-41(22-26,24-29)35-15-17-37-33(21-35)13-12-32-20-34(14-16-36(32)37)40-44-38(30-6-4-3-5-7-30)43-39(45-40)31-10-8-28(25-42)9-11-31/h3-17,20-21,26-27,29H,18-19,22-24H2,1-2H3/t26-,27+,29?,41?. The van der Waals surface area contributed by atoms with Crippen LogP contribution < -0.4 is 0 Å². The van der Waals surface area contributed by atoms with E-state index in [-0.39, 0.29) is 0 Å². The molecule has 2 unspecified atom stereocenters. The average Bonchev–Trinajstić information content (AvgIpc) is 3.07. The van der Waals surface area contributed by atoms with Crippen LogP contribution in [0.3, 0.4) is 0 Å². The molecule has 45 heavy (non-hydrogen) atoms. The number of rotatable bonds is 4. The van der Waals surface area contributed by atoms with E-state index < -0.39 is 0 Å². The molecule has 220 valence electrons. The molecular weight excluding hydrogens is 548 g/mol. The molecule has 2 aliphatic rings. The van der Waals surface area contributed by atoms with Gasteiger partial charge in [-0.25, -0.2) is 15.0 Å². The molecule has 0 N–H and O–H groups in total. The molecule has 2 saturated carbocycles. The fourth-order valence-electron chi connectivity index (χ4n) is 8.64. The Bertz CT molecular complexity index is 2070. The first-order chi connectivity index (χ1) is 22.0. The second-order valence-electron chi connectivity index (χ2n) is 13.7. The van der Waals surface area contributed by atoms with Gasteiger partial charge in [0.05, 0.1) is 11.6 Å². The lowest BCUT2D eigenvalue weighted by Crippen LogP contribution is -2.42. The predicted octanol–water partition coefficient (Wildman–Crippen LogP) is 10.2. The maximum absolute atomic E-state index is 9.27. The molecule has 0 spiro atoms. The highest BCUT2D eigenvalue weighted by molar-refractivity contribution is 6.08. The molecule has 4 heteroatoms. The highest BCUT2D eigenvalue weighted by Gasteiger charge is 2.45. The van der Waals surface area contributed by atoms with Crippen LogP contribution in [0.4, 0.5) is 0 Å². The Morgan fingerprint density at radius 3 is 1.80 bits per heavy atom. The Kier molecular flexibility index (Phi) is 6.72. The lowest BCUT2D eigenvalue weighted by atomic mass is 9.54. The lowest BCUT2D eigenvalue weighted by Gasteiger charge is -2.50. The van der Waals surface area contributed by atoms with Crippen molar-refractivity contribution >= 4 is 21.5 Å². The summed E-state index contributed by atoms with van der Waals surface area (Å²) in [5.74, 6) is 4.33. The fourth-order valence-corrected chi connectivity index (χ4v) is 8.64. The van der Waals surface area contributed by atoms with Crippen LogP contribution in [0, 0.1) is 29.1 Å². The van der Waals surface area contributed by atoms with E-state index in [1.54, 1.807) is 17.7 Å². The molecule has 0 saturated heterocycles. The first kappa shape index (κ1) is 27.7. The quantitative estimate of drug-likeness (QED) is 0.193. The van der Waals surface area contributed by atoms with Crippen LogP contribution >= 0.6 is 0 Å². The van der Waals surface area contributed by atoms with Gasteiger partial charge in [-0.15, -0.1) is 0 Å². The number of nitriles is 1. The lowest BCUT2D eigenvalue weighted by molar-refractivity contribution is 0.0781. The van der Waals surface area contributed by atoms with Gasteiger partial charge in [-0.05, 0) is 113 Å². The van der Waals surface area contributed by atoms with Gasteiger partial charge in [0.25, 0.3) is 0 Å². The fraction of sp³-hybridized carbons (Fsp3) is 0.268. The third-order valence-electron chi connectivity index (χ3n) is 10.3. The Balaban J connectivity index is 1.20. The monoisotopic (exact) mass is 584 g/mol. The molecular formula is C41H36N4. The van der Waals surface area contributed by atoms with Crippen LogP contribution in [0.25, 0.3) is 55.7 Å². The Hall–Kier alpha value is -4.88. The predicted molar refractivity (Wildman–Crippen MR) is 182 cm³/mol. The van der Waals surface area contributed by atoms with Gasteiger partial charge in [0.2, 0.25) is 0 Å². The third kappa shape index (κ3) is 5.07. The molecule has 4 nitrogen and oxygen atoms in total. The molecule has 1 aromatic heterocycles. The summed E-state index contributed by atoms with van der Waals surface area (Å²) in [5.41, 5.74) is 5.21. The van der Waals surface area contributed by atoms with E-state index in [1.165, 1.54) is 53.6 Å². The minimum absolute atomic E-state index is 0.328. The summed E-state index contributed by atoms with van der Waals surface area (Å²) in [7, 11) is 0. The number of aromatic nitrogens is 3. The number of hydrogen-bond acceptors (Lipinski definition) is 4. The van der Waals surface area contributed by atoms with Crippen molar-refractivity contribution in [1.29, 1.82) is 5.26 Å². The maximum atomic E-state index is 9.27. The zero-order chi connectivity index (χ0) is 30.5. The molecule has 8 rings (SSSR count). The normalized spacial score (nSPS) is 22.7. The molecule has 0 radical (unpaired) electrons. The molecule has 2 aliphatic carbocycles. The zero-order valence-corrected chi connectivity index (χ0v) is 25.9. The van der Waals surface area contributed by atoms with E-state index in [4.69, 9.17) is 15.0 Å². The minimum Gasteiger partial charge on any atom is -0.208 e. The van der Waals surface area contributed by atoms with Gasteiger partial charge in [-0.2, -0.15) is 5.26 Å². The van der Waals surface area contributed by atoms with Gasteiger partial charge in [0, 0.05) is 16.7 Å². The van der Waals surface area contributed by atoms with Crippen molar-refractivity contribution in [3.63, 3.8) is 0 Å². The van der Waals surface area contributed by atoms with E-state index in [0.29, 0.717) is 28.5 Å². The summed E-state index contributed by atoms with van der Waals surface area (Å²) < 4.78 is 0. The summed E-state index contributed by atoms with van der Waals surface area (Å²) in [6.07, 6.45) is 6.78. The Labute approximate surface area is 264 Å². The molecule has 2 bridgehead atoms. The molecule has 1 heterocycles. The number of hydrogen-bond donors (Lipinski definition) is 0. The average molecular weight is 585 g/mol. The van der Waals surface area contributed by atoms with Crippen molar-refractivity contribution in [3.05, 3.63) is 114 Å². The first-order valence-corrected chi connectivity index (χ1v) is 16.3. The molecule has 4 atom stereocenters. The van der Waals surface area contributed by atoms with Crippen LogP contribution in [-0.4, -0.2) is 15.0 Å². The van der Waals surface area contributed by atoms with Crippen molar-refractivity contribution in [2.75, 3.05) is 0 Å². The van der Waals surface area contributed by atoms with Gasteiger partial charge in [-0.1, -0.05) is 86.6 Å². The van der Waals surface area contributed by atoms with Crippen LogP contribution in [-0.2, 0) is 5.41 Å². The smallest absolute Gasteiger partial charge is 0.164 e. The zero-order valence-electron chi connectivity index (χ0n) is 25.9. The number of nitrogens with zero attached hydrogens (tertiary/aromatic N) is 4. The second-order valence-corrected chi connectivity index (χ2v) is 13.7. The Morgan fingerprint density at radius 1 is 0.600 bits per heavy atom. The van der Waals surface area contributed by atoms with Gasteiger partial charge in [0.1, 0.15) is 0 Å². The molecule has 2 fully saturated rings. The number of fused-ring (bicyclic) bond motifs is 5. The van der Waals surface area contributed by atoms with E-state index in [2.05, 4.69) is 68.4 Å². The van der Waals surface area contributed by atoms with Crippen LogP contribution in [0.2, 0.25) is 0 Å². The molecule has 5 aromatic carbocycles. The third-order valence-corrected chi connectivity index (χ3v) is 10.3. The maximum Gasteiger partial charge on any atom is 0.164 e. The topological polar surface area (TPSA) is 62.5 Å². The SMILES string of the molecule is C[C@@H]1CC2C[C@H](C)CC(c3ccc4c(ccc5cc(-c6nc(-c7ccccc7)nc(-c7ccc(C#N)cc7)n6)ccc54)c3)(C2)C1. The highest BCUT2D eigenvalue weighted by atomic mass is 15.0. The summed E-state index contributed by atoms with van der Waals surface area (Å²) >= 11 is 0. The van der Waals surface area contributed by atoms with Crippen LogP contribution in [0.5, 0.6) is 0 Å². The summed E-state index contributed by atoms with van der Waals surface area (Å²) in [6, 6.07) is 38.0. The second kappa shape index (κ2) is 10.9. The van der Waals surface area contributed by atoms with Crippen molar-refractivity contribution in [2.45, 2.75) is 51.4 Å². The van der Waals surface area contributed by atoms with Crippen LogP contribution in [0.15, 0.2) is 103 Å². The van der Waals surface area contributed by atoms with Crippen molar-refractivity contribution < 1.29 is 0 Å². The molecule has 0 amide bonds. The van der Waals surface area contributed by atoms with E-state index >= 15 is 0 Å². The van der Waals surface area contributed by atoms with Crippen LogP contribution in [0.1, 0.15) is 57.1 Å². The first-order valence-electron chi connectivity index (χ1n) is 16.3. The van der Waals surface area contributed by atoms with Gasteiger partial charge < -0.3 is 0 Å². The van der Waals surface area contributed by atoms with E-state index in [1.807, 2.05) is 42.5 Å². The van der Waals surface area contributed by atoms with E-state index in [9.17, 15) is 5.26 Å². The van der Waals surface area contributed by atoms with Gasteiger partial charge in [0.15, 0.2) is 17.5 Å². The highest BCUT2D eigenvalue weighted by Crippen LogP contribution is 2.54. The minimum atomic E-state index is 0.328. The summed E-state index contributed by atoms with van der Waals surface area (Å²) in [6.45, 7) is 4.93. The molecule has 6 aromatic rings. The number of benzene rings is 5. The van der Waals surface area contributed by atoms with Crippen molar-refractivity contribution in [2.24, 2.45) is 17.8 Å². The Morgan fingerprint density at radius 2 is 1.16 bits per heavy atom.